The molecule has 1 aliphatic rings. The number of nitrogens with one attached hydrogen (secondary N) is 1. The first-order chi connectivity index (χ1) is 7.18. The van der Waals surface area contributed by atoms with E-state index >= 15 is 0 Å². The van der Waals surface area contributed by atoms with Crippen LogP contribution in [0, 0.1) is 0 Å². The van der Waals surface area contributed by atoms with E-state index in [-0.39, 0.29) is 6.04 Å². The highest BCUT2D eigenvalue weighted by atomic mass is 32.1. The lowest BCUT2D eigenvalue weighted by Gasteiger charge is -2.38. The van der Waals surface area contributed by atoms with E-state index in [1.807, 2.05) is 37.3 Å². The minimum atomic E-state index is -0.531. The summed E-state index contributed by atoms with van der Waals surface area (Å²) >= 11 is 5.22. The van der Waals surface area contributed by atoms with Crippen LogP contribution in [0.15, 0.2) is 30.3 Å². The molecule has 0 aliphatic carbocycles. The normalized spacial score (nSPS) is 26.3. The smallest absolute Gasteiger partial charge is 0.175 e. The van der Waals surface area contributed by atoms with Gasteiger partial charge in [-0.3, -0.25) is 4.90 Å². The summed E-state index contributed by atoms with van der Waals surface area (Å²) in [5.41, 5.74) is 0.925. The van der Waals surface area contributed by atoms with Crippen molar-refractivity contribution in [1.82, 2.24) is 5.32 Å². The molecule has 3 nitrogen and oxygen atoms in total. The predicted molar refractivity (Wildman–Crippen MR) is 64.7 cm³/mol. The number of nitrogens with zero attached hydrogens (tertiary/aromatic N) is 1. The molecule has 4 heteroatoms. The van der Waals surface area contributed by atoms with Crippen LogP contribution in [-0.2, 0) is 0 Å². The van der Waals surface area contributed by atoms with E-state index in [9.17, 15) is 5.11 Å². The Kier molecular flexibility index (Phi) is 2.88. The van der Waals surface area contributed by atoms with Gasteiger partial charge in [0.05, 0.1) is 0 Å². The third-order valence-electron chi connectivity index (χ3n) is 2.49. The fourth-order valence-corrected chi connectivity index (χ4v) is 2.20. The molecule has 2 atom stereocenters. The monoisotopic (exact) mass is 222 g/mol. The average molecular weight is 222 g/mol. The summed E-state index contributed by atoms with van der Waals surface area (Å²) in [6, 6.07) is 9.91. The highest BCUT2D eigenvalue weighted by Gasteiger charge is 2.28. The fraction of sp³-hybridized carbons (Fsp3) is 0.364. The minimum absolute atomic E-state index is 0.229. The number of hydrogen-bond acceptors (Lipinski definition) is 2. The first-order valence-electron chi connectivity index (χ1n) is 5.01. The second-order valence-corrected chi connectivity index (χ2v) is 4.16. The summed E-state index contributed by atoms with van der Waals surface area (Å²) in [6.07, 6.45) is 0.144. The standard InChI is InChI=1S/C11H14N2OS/c1-8-7-10(14)13(11(15)12-8)9-5-3-2-4-6-9/h2-6,8,10,14H,7H2,1H3,(H,12,15). The van der Waals surface area contributed by atoms with Crippen LogP contribution in [0.1, 0.15) is 13.3 Å². The van der Waals surface area contributed by atoms with Crippen molar-refractivity contribution in [2.75, 3.05) is 4.90 Å². The first kappa shape index (κ1) is 10.4. The van der Waals surface area contributed by atoms with Gasteiger partial charge in [-0.1, -0.05) is 18.2 Å². The van der Waals surface area contributed by atoms with Crippen molar-refractivity contribution in [3.63, 3.8) is 0 Å². The Morgan fingerprint density at radius 3 is 2.67 bits per heavy atom. The van der Waals surface area contributed by atoms with E-state index < -0.39 is 6.23 Å². The highest BCUT2D eigenvalue weighted by molar-refractivity contribution is 7.80. The second kappa shape index (κ2) is 4.16. The Morgan fingerprint density at radius 1 is 1.40 bits per heavy atom. The molecule has 0 amide bonds. The van der Waals surface area contributed by atoms with Crippen LogP contribution in [0.5, 0.6) is 0 Å². The lowest BCUT2D eigenvalue weighted by atomic mass is 10.1. The lowest BCUT2D eigenvalue weighted by Crippen LogP contribution is -2.56. The lowest BCUT2D eigenvalue weighted by molar-refractivity contribution is 0.154. The van der Waals surface area contributed by atoms with Gasteiger partial charge >= 0.3 is 0 Å². The molecular formula is C11H14N2OS. The predicted octanol–water partition coefficient (Wildman–Crippen LogP) is 1.48. The zero-order valence-electron chi connectivity index (χ0n) is 8.55. The van der Waals surface area contributed by atoms with E-state index in [1.54, 1.807) is 4.90 Å². The van der Waals surface area contributed by atoms with Crippen molar-refractivity contribution in [1.29, 1.82) is 0 Å². The van der Waals surface area contributed by atoms with E-state index in [0.29, 0.717) is 11.5 Å². The zero-order chi connectivity index (χ0) is 10.8. The van der Waals surface area contributed by atoms with Crippen LogP contribution < -0.4 is 10.2 Å². The molecule has 0 saturated carbocycles. The van der Waals surface area contributed by atoms with Crippen LogP contribution >= 0.6 is 12.2 Å². The van der Waals surface area contributed by atoms with Gasteiger partial charge in [0.1, 0.15) is 6.23 Å². The van der Waals surface area contributed by atoms with Gasteiger partial charge in [0, 0.05) is 18.2 Å². The number of thiocarbonyl (C=S) groups is 1. The number of benzene rings is 1. The minimum Gasteiger partial charge on any atom is -0.373 e. The van der Waals surface area contributed by atoms with E-state index in [2.05, 4.69) is 5.32 Å². The Bertz CT molecular complexity index is 355. The second-order valence-electron chi connectivity index (χ2n) is 3.77. The van der Waals surface area contributed by atoms with Gasteiger partial charge in [-0.25, -0.2) is 0 Å². The molecule has 1 fully saturated rings. The zero-order valence-corrected chi connectivity index (χ0v) is 9.37. The van der Waals surface area contributed by atoms with Gasteiger partial charge in [-0.05, 0) is 31.3 Å². The Morgan fingerprint density at radius 2 is 2.07 bits per heavy atom. The molecule has 1 aromatic rings. The van der Waals surface area contributed by atoms with Crippen LogP contribution in [0.2, 0.25) is 0 Å². The van der Waals surface area contributed by atoms with Crippen molar-refractivity contribution in [3.8, 4) is 0 Å². The largest absolute Gasteiger partial charge is 0.373 e. The fourth-order valence-electron chi connectivity index (χ4n) is 1.77. The maximum Gasteiger partial charge on any atom is 0.175 e. The van der Waals surface area contributed by atoms with E-state index in [0.717, 1.165) is 5.69 Å². The van der Waals surface area contributed by atoms with Gasteiger partial charge in [0.2, 0.25) is 0 Å². The molecule has 2 rings (SSSR count). The summed E-state index contributed by atoms with van der Waals surface area (Å²) in [5, 5.41) is 13.7. The van der Waals surface area contributed by atoms with E-state index in [1.165, 1.54) is 0 Å². The topological polar surface area (TPSA) is 35.5 Å². The molecule has 0 radical (unpaired) electrons. The van der Waals surface area contributed by atoms with Gasteiger partial charge < -0.3 is 10.4 Å². The quantitative estimate of drug-likeness (QED) is 0.706. The van der Waals surface area contributed by atoms with Gasteiger partial charge in [0.15, 0.2) is 5.11 Å². The highest BCUT2D eigenvalue weighted by Crippen LogP contribution is 2.21. The van der Waals surface area contributed by atoms with Gasteiger partial charge in [-0.2, -0.15) is 0 Å². The van der Waals surface area contributed by atoms with Crippen LogP contribution in [-0.4, -0.2) is 22.5 Å². The number of para-hydroxylation sites is 1. The molecule has 80 valence electrons. The van der Waals surface area contributed by atoms with Crippen LogP contribution in [0.3, 0.4) is 0 Å². The van der Waals surface area contributed by atoms with E-state index in [4.69, 9.17) is 12.2 Å². The summed E-state index contributed by atoms with van der Waals surface area (Å²) < 4.78 is 0. The van der Waals surface area contributed by atoms with Crippen molar-refractivity contribution in [2.45, 2.75) is 25.6 Å². The van der Waals surface area contributed by atoms with Gasteiger partial charge in [-0.15, -0.1) is 0 Å². The molecule has 0 spiro atoms. The van der Waals surface area contributed by atoms with Crippen molar-refractivity contribution >= 4 is 23.0 Å². The maximum atomic E-state index is 9.96. The summed E-state index contributed by atoms with van der Waals surface area (Å²) in [6.45, 7) is 2.01. The maximum absolute atomic E-state index is 9.96. The first-order valence-corrected chi connectivity index (χ1v) is 5.42. The van der Waals surface area contributed by atoms with Crippen LogP contribution in [0.25, 0.3) is 0 Å². The molecule has 1 saturated heterocycles. The molecule has 0 bridgehead atoms. The average Bonchev–Trinajstić information content (AvgIpc) is 2.17. The number of anilines is 1. The molecule has 1 heterocycles. The molecule has 0 aromatic heterocycles. The Balaban J connectivity index is 2.25. The molecule has 2 N–H and O–H groups in total. The summed E-state index contributed by atoms with van der Waals surface area (Å²) in [7, 11) is 0. The summed E-state index contributed by atoms with van der Waals surface area (Å²) in [5.74, 6) is 0. The number of hydrogen-bond donors (Lipinski definition) is 2. The van der Waals surface area contributed by atoms with Crippen molar-refractivity contribution in [2.24, 2.45) is 0 Å². The SMILES string of the molecule is CC1CC(O)N(c2ccccc2)C(=S)N1. The number of rotatable bonds is 1. The van der Waals surface area contributed by atoms with Gasteiger partial charge in [0.25, 0.3) is 0 Å². The Labute approximate surface area is 94.7 Å². The molecule has 1 aromatic carbocycles. The third kappa shape index (κ3) is 2.11. The number of aliphatic hydroxyl groups excluding tert-OH is 1. The van der Waals surface area contributed by atoms with Crippen molar-refractivity contribution < 1.29 is 5.11 Å². The molecule has 2 unspecified atom stereocenters. The number of aliphatic hydroxyl groups is 1. The van der Waals surface area contributed by atoms with Crippen LogP contribution in [0.4, 0.5) is 5.69 Å². The van der Waals surface area contributed by atoms with Crippen molar-refractivity contribution in [3.05, 3.63) is 30.3 Å². The molecular weight excluding hydrogens is 208 g/mol. The third-order valence-corrected chi connectivity index (χ3v) is 2.80. The Hall–Kier alpha value is -1.13. The molecule has 15 heavy (non-hydrogen) atoms. The summed E-state index contributed by atoms with van der Waals surface area (Å²) in [4.78, 5) is 1.75. The molecule has 1 aliphatic heterocycles.